The second-order valence-electron chi connectivity index (χ2n) is 26.3. The van der Waals surface area contributed by atoms with Crippen LogP contribution >= 0.6 is 0 Å². The zero-order valence-corrected chi connectivity index (χ0v) is 57.6. The first kappa shape index (κ1) is 74.2. The number of carbonyl (C=O) groups is 5. The number of alkyl carbamates (subject to hydrolysis) is 1. The number of benzene rings is 8. The summed E-state index contributed by atoms with van der Waals surface area (Å²) in [6, 6.07) is 72.9. The molecule has 530 valence electrons. The summed E-state index contributed by atoms with van der Waals surface area (Å²) >= 11 is 0. The third kappa shape index (κ3) is 21.8. The predicted molar refractivity (Wildman–Crippen MR) is 373 cm³/mol. The summed E-state index contributed by atoms with van der Waals surface area (Å²) in [6.07, 6.45) is -15.0. The van der Waals surface area contributed by atoms with Crippen molar-refractivity contribution in [2.75, 3.05) is 26.4 Å². The summed E-state index contributed by atoms with van der Waals surface area (Å²) in [5, 5.41) is 6.24. The van der Waals surface area contributed by atoms with Crippen LogP contribution in [0.4, 0.5) is 4.79 Å². The average molecular weight is 1380 g/mol. The largest absolute Gasteiger partial charge is 0.459 e. The van der Waals surface area contributed by atoms with E-state index in [-0.39, 0.29) is 39.6 Å². The minimum Gasteiger partial charge on any atom is -0.459 e. The minimum absolute atomic E-state index is 0.0333. The lowest BCUT2D eigenvalue weighted by atomic mass is 9.77. The Kier molecular flexibility index (Phi) is 26.6. The Balaban J connectivity index is 1.10. The highest BCUT2D eigenvalue weighted by molar-refractivity contribution is 5.80. The van der Waals surface area contributed by atoms with Crippen molar-refractivity contribution in [2.24, 2.45) is 0 Å². The van der Waals surface area contributed by atoms with E-state index < -0.39 is 128 Å². The van der Waals surface area contributed by atoms with Gasteiger partial charge in [-0.15, -0.1) is 0 Å². The second kappa shape index (κ2) is 36.2. The molecule has 8 aromatic rings. The molecule has 20 heteroatoms. The predicted octanol–water partition coefficient (Wildman–Crippen LogP) is 11.8. The average Bonchev–Trinajstić information content (AvgIpc) is 0.757. The molecule has 10 atom stereocenters. The molecule has 2 aliphatic rings. The van der Waals surface area contributed by atoms with Crippen LogP contribution in [-0.4, -0.2) is 129 Å². The van der Waals surface area contributed by atoms with Gasteiger partial charge in [0.25, 0.3) is 0 Å². The first-order valence-corrected chi connectivity index (χ1v) is 33.7. The molecule has 10 rings (SSSR count). The van der Waals surface area contributed by atoms with Crippen molar-refractivity contribution in [2.45, 2.75) is 153 Å². The lowest BCUT2D eigenvalue weighted by molar-refractivity contribution is -0.357. The van der Waals surface area contributed by atoms with Gasteiger partial charge >= 0.3 is 24.0 Å². The molecule has 8 aromatic carbocycles. The van der Waals surface area contributed by atoms with Gasteiger partial charge in [-0.05, 0) is 86.1 Å². The molecule has 0 bridgehead atoms. The van der Waals surface area contributed by atoms with E-state index in [0.717, 1.165) is 33.4 Å². The van der Waals surface area contributed by atoms with Crippen molar-refractivity contribution in [3.63, 3.8) is 0 Å². The van der Waals surface area contributed by atoms with Gasteiger partial charge in [-0.3, -0.25) is 4.79 Å². The fourth-order valence-corrected chi connectivity index (χ4v) is 11.9. The van der Waals surface area contributed by atoms with E-state index in [1.165, 1.54) is 0 Å². The third-order valence-electron chi connectivity index (χ3n) is 16.3. The fourth-order valence-electron chi connectivity index (χ4n) is 11.9. The Hall–Kier alpha value is -9.45. The van der Waals surface area contributed by atoms with Crippen LogP contribution in [0.5, 0.6) is 0 Å². The number of hydrogen-bond acceptors (Lipinski definition) is 18. The number of esters is 3. The van der Waals surface area contributed by atoms with Gasteiger partial charge in [0.1, 0.15) is 92.4 Å². The van der Waals surface area contributed by atoms with E-state index in [0.29, 0.717) is 11.1 Å². The smallest absolute Gasteiger partial charge is 0.407 e. The number of nitrogens with one attached hydrogen (secondary N) is 2. The zero-order chi connectivity index (χ0) is 71.0. The highest BCUT2D eigenvalue weighted by Crippen LogP contribution is 2.39. The van der Waals surface area contributed by atoms with Crippen molar-refractivity contribution < 1.29 is 85.6 Å². The molecule has 0 radical (unpaired) electrons. The highest BCUT2D eigenvalue weighted by atomic mass is 16.8. The van der Waals surface area contributed by atoms with E-state index in [4.69, 9.17) is 61.6 Å². The van der Waals surface area contributed by atoms with Crippen LogP contribution in [0.2, 0.25) is 0 Å². The molecule has 2 saturated heterocycles. The molecular formula is C81H88N2O18. The van der Waals surface area contributed by atoms with E-state index >= 15 is 9.59 Å². The SMILES string of the molecule is CC(C)(C)OC(=O)CO[C@H]1[C@H](O[C@H]2[C@@H](OCC(=O)OC(C)(C)C)[C@@H](NC(=O)OCc3ccccc3)[C@H](OCC(=O)NC(c3ccccc3)(c3ccccc3)c3ccccc3)O[C@@H]2COCc2ccccc2)O[C@H](C(=O)OCc2ccccc2)[C@@H](OCc2ccccc2)[C@@H]1OCc1ccccc1. The van der Waals surface area contributed by atoms with Crippen LogP contribution in [0, 0.1) is 0 Å². The maximum atomic E-state index is 15.3. The van der Waals surface area contributed by atoms with Crippen LogP contribution in [-0.2, 0) is 119 Å². The van der Waals surface area contributed by atoms with Crippen molar-refractivity contribution >= 4 is 29.9 Å². The fraction of sp³-hybridized carbons (Fsp3) is 0.346. The van der Waals surface area contributed by atoms with Gasteiger partial charge in [0, 0.05) is 0 Å². The van der Waals surface area contributed by atoms with Gasteiger partial charge < -0.3 is 72.2 Å². The second-order valence-corrected chi connectivity index (χ2v) is 26.3. The molecule has 20 nitrogen and oxygen atoms in total. The molecule has 0 unspecified atom stereocenters. The van der Waals surface area contributed by atoms with Crippen molar-refractivity contribution in [3.05, 3.63) is 287 Å². The maximum Gasteiger partial charge on any atom is 0.407 e. The molecule has 0 aliphatic carbocycles. The van der Waals surface area contributed by atoms with Gasteiger partial charge in [0.05, 0.1) is 26.4 Å². The summed E-state index contributed by atoms with van der Waals surface area (Å²) < 4.78 is 85.6. The monoisotopic (exact) mass is 1380 g/mol. The van der Waals surface area contributed by atoms with Crippen LogP contribution in [0.3, 0.4) is 0 Å². The van der Waals surface area contributed by atoms with E-state index in [1.807, 2.05) is 206 Å². The van der Waals surface area contributed by atoms with Crippen LogP contribution in [0.25, 0.3) is 0 Å². The summed E-state index contributed by atoms with van der Waals surface area (Å²) in [5.74, 6) is -3.09. The number of amides is 2. The Morgan fingerprint density at radius 3 is 1.23 bits per heavy atom. The van der Waals surface area contributed by atoms with Gasteiger partial charge in [0.15, 0.2) is 18.7 Å². The van der Waals surface area contributed by atoms with E-state index in [2.05, 4.69) is 10.6 Å². The quantitative estimate of drug-likeness (QED) is 0.0234. The molecule has 2 aliphatic heterocycles. The summed E-state index contributed by atoms with van der Waals surface area (Å²) in [5.41, 5.74) is 2.51. The number of carbonyl (C=O) groups excluding carboxylic acids is 5. The molecule has 2 heterocycles. The lowest BCUT2D eigenvalue weighted by Gasteiger charge is -2.49. The molecule has 2 N–H and O–H groups in total. The number of hydrogen-bond donors (Lipinski definition) is 2. The normalized spacial score (nSPS) is 20.7. The maximum absolute atomic E-state index is 15.3. The van der Waals surface area contributed by atoms with E-state index in [1.54, 1.807) is 77.9 Å². The van der Waals surface area contributed by atoms with E-state index in [9.17, 15) is 14.4 Å². The molecule has 0 saturated carbocycles. The number of rotatable bonds is 31. The highest BCUT2D eigenvalue weighted by Gasteiger charge is 2.57. The van der Waals surface area contributed by atoms with Crippen molar-refractivity contribution in [1.82, 2.24) is 10.6 Å². The summed E-state index contributed by atoms with van der Waals surface area (Å²) in [4.78, 5) is 73.4. The molecule has 2 amide bonds. The molecule has 0 aromatic heterocycles. The minimum atomic E-state index is -1.81. The van der Waals surface area contributed by atoms with Gasteiger partial charge in [-0.2, -0.15) is 0 Å². The molecular weight excluding hydrogens is 1290 g/mol. The lowest BCUT2D eigenvalue weighted by Crippen LogP contribution is -2.69. The van der Waals surface area contributed by atoms with Gasteiger partial charge in [-0.1, -0.05) is 243 Å². The van der Waals surface area contributed by atoms with Crippen LogP contribution < -0.4 is 10.6 Å². The van der Waals surface area contributed by atoms with Crippen molar-refractivity contribution in [1.29, 1.82) is 0 Å². The van der Waals surface area contributed by atoms with Crippen LogP contribution in [0.1, 0.15) is 86.1 Å². The first-order valence-electron chi connectivity index (χ1n) is 33.7. The van der Waals surface area contributed by atoms with Crippen molar-refractivity contribution in [3.8, 4) is 0 Å². The molecule has 101 heavy (non-hydrogen) atoms. The Morgan fingerprint density at radius 1 is 0.386 bits per heavy atom. The topological polar surface area (TPSA) is 229 Å². The van der Waals surface area contributed by atoms with Crippen LogP contribution in [0.15, 0.2) is 243 Å². The molecule has 2 fully saturated rings. The zero-order valence-electron chi connectivity index (χ0n) is 57.6. The van der Waals surface area contributed by atoms with Gasteiger partial charge in [-0.25, -0.2) is 19.2 Å². The third-order valence-corrected chi connectivity index (χ3v) is 16.3. The Bertz CT molecular complexity index is 3740. The summed E-state index contributed by atoms with van der Waals surface area (Å²) in [7, 11) is 0. The first-order chi connectivity index (χ1) is 48.9. The number of ether oxygens (including phenoxy) is 13. The van der Waals surface area contributed by atoms with Gasteiger partial charge in [0.2, 0.25) is 5.91 Å². The summed E-state index contributed by atoms with van der Waals surface area (Å²) in [6.45, 7) is 7.22. The standard InChI is InChI=1S/C81H88N2O18/c1-79(2,3)100-66(85)54-92-70-68(82-78(88)96-51-60-39-23-11-24-40-60)76(95-53-65(84)83-81(61-41-25-12-26-42-61,62-43-27-13-28-44-62)63-45-29-14-30-46-63)97-64(52-89-47-56-31-15-7-16-32-56)69(70)98-77-74(93-55-67(86)101-80(4,5)6)72(91-49-58-35-19-9-20-36-58)71(90-48-57-33-17-8-18-34-57)73(99-77)75(87)94-50-59-37-21-10-22-38-59/h7-46,64,68-74,76-77H,47-55H2,1-6H3,(H,82,88)(H,83,84)/t64-,68-,69-,70+,71+,72+,73+,74-,76-,77-/m1/s1. The Morgan fingerprint density at radius 2 is 0.782 bits per heavy atom. The Labute approximate surface area is 589 Å². The molecule has 0 spiro atoms.